The Kier molecular flexibility index (Phi) is 4.53. The molecule has 19 heavy (non-hydrogen) atoms. The lowest BCUT2D eigenvalue weighted by Crippen LogP contribution is -2.34. The number of hydrogen-bond donors (Lipinski definition) is 0. The minimum Gasteiger partial charge on any atom is -0.170 e. The molecule has 0 spiro atoms. The Hall–Kier alpha value is -1.20. The molecule has 0 saturated heterocycles. The van der Waals surface area contributed by atoms with E-state index in [9.17, 15) is 26.3 Å². The minimum atomic E-state index is -5.34. The lowest BCUT2D eigenvalue weighted by Gasteiger charge is -2.23. The van der Waals surface area contributed by atoms with Crippen LogP contribution >= 0.6 is 0 Å². The van der Waals surface area contributed by atoms with Gasteiger partial charge in [-0.25, -0.2) is 0 Å². The van der Waals surface area contributed by atoms with Crippen LogP contribution in [0.2, 0.25) is 0 Å². The van der Waals surface area contributed by atoms with Crippen molar-refractivity contribution in [3.63, 3.8) is 0 Å². The Bertz CT molecular complexity index is 387. The van der Waals surface area contributed by atoms with Gasteiger partial charge in [-0.1, -0.05) is 38.1 Å². The van der Waals surface area contributed by atoms with Crippen molar-refractivity contribution < 1.29 is 26.3 Å². The van der Waals surface area contributed by atoms with Crippen LogP contribution in [-0.4, -0.2) is 12.4 Å². The first-order valence-electron chi connectivity index (χ1n) is 5.80. The molecule has 1 atom stereocenters. The Morgan fingerprint density at radius 1 is 0.842 bits per heavy atom. The maximum Gasteiger partial charge on any atom is 0.404 e. The van der Waals surface area contributed by atoms with Crippen molar-refractivity contribution in [3.05, 3.63) is 35.4 Å². The predicted octanol–water partition coefficient (Wildman–Crippen LogP) is 5.41. The average molecular weight is 284 g/mol. The highest BCUT2D eigenvalue weighted by Crippen LogP contribution is 2.46. The zero-order valence-electron chi connectivity index (χ0n) is 10.4. The molecule has 0 fully saturated rings. The molecule has 0 nitrogen and oxygen atoms in total. The fourth-order valence-electron chi connectivity index (χ4n) is 1.82. The first-order chi connectivity index (χ1) is 8.57. The molecule has 0 saturated carbocycles. The molecule has 0 aliphatic rings. The third-order valence-corrected chi connectivity index (χ3v) is 3.11. The highest BCUT2D eigenvalue weighted by Gasteiger charge is 2.57. The van der Waals surface area contributed by atoms with Crippen LogP contribution in [-0.2, 0) is 0 Å². The van der Waals surface area contributed by atoms with Gasteiger partial charge in [0.05, 0.1) is 0 Å². The highest BCUT2D eigenvalue weighted by molar-refractivity contribution is 5.29. The monoisotopic (exact) mass is 284 g/mol. The quantitative estimate of drug-likeness (QED) is 0.651. The predicted molar refractivity (Wildman–Crippen MR) is 60.0 cm³/mol. The van der Waals surface area contributed by atoms with Gasteiger partial charge in [0.15, 0.2) is 5.92 Å². The summed E-state index contributed by atoms with van der Waals surface area (Å²) < 4.78 is 75.0. The summed E-state index contributed by atoms with van der Waals surface area (Å²) in [4.78, 5) is 0. The van der Waals surface area contributed by atoms with Crippen molar-refractivity contribution in [2.45, 2.75) is 44.5 Å². The van der Waals surface area contributed by atoms with E-state index in [0.29, 0.717) is 0 Å². The molecule has 0 bridgehead atoms. The van der Waals surface area contributed by atoms with E-state index in [-0.39, 0.29) is 5.92 Å². The van der Waals surface area contributed by atoms with Crippen LogP contribution in [0.25, 0.3) is 0 Å². The molecule has 1 aromatic carbocycles. The van der Waals surface area contributed by atoms with Crippen molar-refractivity contribution in [3.8, 4) is 0 Å². The van der Waals surface area contributed by atoms with E-state index in [0.717, 1.165) is 24.1 Å². The fourth-order valence-corrected chi connectivity index (χ4v) is 1.82. The van der Waals surface area contributed by atoms with Gasteiger partial charge in [-0.3, -0.25) is 0 Å². The van der Waals surface area contributed by atoms with Crippen LogP contribution in [0.5, 0.6) is 0 Å². The van der Waals surface area contributed by atoms with E-state index in [4.69, 9.17) is 0 Å². The molecule has 108 valence electrons. The van der Waals surface area contributed by atoms with E-state index < -0.39 is 23.8 Å². The maximum absolute atomic E-state index is 12.5. The molecule has 1 aromatic rings. The van der Waals surface area contributed by atoms with Crippen LogP contribution in [0.4, 0.5) is 26.3 Å². The average Bonchev–Trinajstić information content (AvgIpc) is 2.25. The first kappa shape index (κ1) is 15.9. The second kappa shape index (κ2) is 5.43. The lowest BCUT2D eigenvalue weighted by molar-refractivity contribution is -0.253. The summed E-state index contributed by atoms with van der Waals surface area (Å²) in [5.41, 5.74) is -0.0404. The molecule has 1 unspecified atom stereocenters. The lowest BCUT2D eigenvalue weighted by atomic mass is 9.93. The largest absolute Gasteiger partial charge is 0.404 e. The SMILES string of the molecule is CCC(C)c1ccc(C(C(F)(F)F)C(F)(F)F)cc1. The molecule has 6 heteroatoms. The summed E-state index contributed by atoms with van der Waals surface area (Å²) >= 11 is 0. The van der Waals surface area contributed by atoms with Gasteiger partial charge in [0, 0.05) is 0 Å². The van der Waals surface area contributed by atoms with Gasteiger partial charge in [0.25, 0.3) is 0 Å². The fraction of sp³-hybridized carbons (Fsp3) is 0.538. The van der Waals surface area contributed by atoms with Crippen LogP contribution in [0.1, 0.15) is 43.2 Å². The molecular formula is C13H14F6. The van der Waals surface area contributed by atoms with Gasteiger partial charge in [0.2, 0.25) is 0 Å². The van der Waals surface area contributed by atoms with Crippen molar-refractivity contribution in [1.29, 1.82) is 0 Å². The van der Waals surface area contributed by atoms with E-state index in [1.807, 2.05) is 13.8 Å². The number of alkyl halides is 6. The zero-order valence-corrected chi connectivity index (χ0v) is 10.4. The Labute approximate surface area is 107 Å². The second-order valence-corrected chi connectivity index (χ2v) is 4.49. The van der Waals surface area contributed by atoms with Gasteiger partial charge >= 0.3 is 12.4 Å². The molecule has 0 radical (unpaired) electrons. The van der Waals surface area contributed by atoms with Crippen molar-refractivity contribution in [2.75, 3.05) is 0 Å². The maximum atomic E-state index is 12.5. The summed E-state index contributed by atoms with van der Waals surface area (Å²) in [5.74, 6) is -3.32. The van der Waals surface area contributed by atoms with Crippen molar-refractivity contribution in [1.82, 2.24) is 0 Å². The highest BCUT2D eigenvalue weighted by atomic mass is 19.4. The van der Waals surface area contributed by atoms with Gasteiger partial charge < -0.3 is 0 Å². The molecule has 0 aromatic heterocycles. The van der Waals surface area contributed by atoms with Crippen molar-refractivity contribution >= 4 is 0 Å². The van der Waals surface area contributed by atoms with E-state index in [1.54, 1.807) is 0 Å². The van der Waals surface area contributed by atoms with Gasteiger partial charge in [-0.05, 0) is 23.5 Å². The summed E-state index contributed by atoms with van der Waals surface area (Å²) in [6.07, 6.45) is -9.91. The van der Waals surface area contributed by atoms with Gasteiger partial charge in [-0.15, -0.1) is 0 Å². The standard InChI is InChI=1S/C13H14F6/c1-3-8(2)9-4-6-10(7-5-9)11(12(14,15)16)13(17,18)19/h4-8,11H,3H2,1-2H3. The molecule has 1 rings (SSSR count). The second-order valence-electron chi connectivity index (χ2n) is 4.49. The number of benzene rings is 1. The minimum absolute atomic E-state index is 0.101. The van der Waals surface area contributed by atoms with Crippen LogP contribution in [0.15, 0.2) is 24.3 Å². The molecule has 0 amide bonds. The topological polar surface area (TPSA) is 0 Å². The smallest absolute Gasteiger partial charge is 0.170 e. The van der Waals surface area contributed by atoms with Crippen LogP contribution < -0.4 is 0 Å². The van der Waals surface area contributed by atoms with Crippen LogP contribution in [0.3, 0.4) is 0 Å². The molecule has 0 aliphatic heterocycles. The molecule has 0 N–H and O–H groups in total. The van der Waals surface area contributed by atoms with Crippen molar-refractivity contribution in [2.24, 2.45) is 0 Å². The molecule has 0 heterocycles. The third kappa shape index (κ3) is 3.88. The van der Waals surface area contributed by atoms with E-state index >= 15 is 0 Å². The number of hydrogen-bond acceptors (Lipinski definition) is 0. The Morgan fingerprint density at radius 3 is 1.53 bits per heavy atom. The Balaban J connectivity index is 3.12. The zero-order chi connectivity index (χ0) is 14.8. The van der Waals surface area contributed by atoms with E-state index in [2.05, 4.69) is 0 Å². The summed E-state index contributed by atoms with van der Waals surface area (Å²) in [6.45, 7) is 3.76. The Morgan fingerprint density at radius 2 is 1.21 bits per heavy atom. The van der Waals surface area contributed by atoms with Crippen LogP contribution in [0, 0.1) is 0 Å². The summed E-state index contributed by atoms with van der Waals surface area (Å²) in [6, 6.07) is 4.47. The normalized spacial score (nSPS) is 14.8. The summed E-state index contributed by atoms with van der Waals surface area (Å²) in [7, 11) is 0. The third-order valence-electron chi connectivity index (χ3n) is 3.11. The van der Waals surface area contributed by atoms with Gasteiger partial charge in [0.1, 0.15) is 0 Å². The molecule has 0 aliphatic carbocycles. The number of halogens is 6. The van der Waals surface area contributed by atoms with E-state index in [1.165, 1.54) is 12.1 Å². The number of rotatable bonds is 3. The van der Waals surface area contributed by atoms with Gasteiger partial charge in [-0.2, -0.15) is 26.3 Å². The summed E-state index contributed by atoms with van der Waals surface area (Å²) in [5, 5.41) is 0. The molecular weight excluding hydrogens is 270 g/mol. The first-order valence-corrected chi connectivity index (χ1v) is 5.80.